The lowest BCUT2D eigenvalue weighted by molar-refractivity contribution is 1.04. The van der Waals surface area contributed by atoms with Crippen LogP contribution in [0.25, 0.3) is 192 Å². The number of rotatable bonds is 14. The number of benzene rings is 11. The van der Waals surface area contributed by atoms with Crippen molar-refractivity contribution >= 4 is 43.6 Å². The van der Waals surface area contributed by atoms with Crippen LogP contribution in [0.2, 0.25) is 0 Å². The number of nitrogens with zero attached hydrogens (tertiary/aromatic N) is 17. The van der Waals surface area contributed by atoms with Gasteiger partial charge in [-0.3, -0.25) is 0 Å². The zero-order valence-corrected chi connectivity index (χ0v) is 55.2. The highest BCUT2D eigenvalue weighted by molar-refractivity contribution is 6.25. The predicted octanol–water partition coefficient (Wildman–Crippen LogP) is 18.8. The largest absolute Gasteiger partial charge is 0.308 e. The molecule has 486 valence electrons. The molecular weight excluding hydrogens is 1280 g/mol. The van der Waals surface area contributed by atoms with Crippen molar-refractivity contribution < 1.29 is 0 Å². The first kappa shape index (κ1) is 60.5. The lowest BCUT2D eigenvalue weighted by Crippen LogP contribution is -2.10. The van der Waals surface area contributed by atoms with Crippen molar-refractivity contribution in [3.05, 3.63) is 322 Å². The van der Waals surface area contributed by atoms with Gasteiger partial charge in [0.25, 0.3) is 0 Å². The average Bonchev–Trinajstić information content (AvgIpc) is 1.49. The van der Waals surface area contributed by atoms with E-state index in [-0.39, 0.29) is 5.82 Å². The van der Waals surface area contributed by atoms with Gasteiger partial charge in [0.15, 0.2) is 69.9 Å². The molecule has 0 saturated heterocycles. The highest BCUT2D eigenvalue weighted by Gasteiger charge is 2.35. The molecule has 0 aliphatic rings. The molecule has 0 saturated carbocycles. The molecule has 0 unspecified atom stereocenters. The van der Waals surface area contributed by atoms with Crippen molar-refractivity contribution in [1.29, 1.82) is 0 Å². The van der Waals surface area contributed by atoms with Gasteiger partial charge < -0.3 is 9.13 Å². The second-order valence-electron chi connectivity index (χ2n) is 24.7. The molecule has 0 spiro atoms. The Bertz CT molecular complexity index is 6240. The highest BCUT2D eigenvalue weighted by atomic mass is 15.1. The molecule has 0 radical (unpaired) electrons. The Hall–Kier alpha value is -14.7. The van der Waals surface area contributed by atoms with Crippen LogP contribution in [-0.2, 0) is 0 Å². The molecule has 0 atom stereocenters. The Balaban J connectivity index is 0.986. The van der Waals surface area contributed by atoms with Crippen LogP contribution in [0.5, 0.6) is 0 Å². The van der Waals surface area contributed by atoms with Crippen LogP contribution in [-0.4, -0.2) is 83.9 Å². The zero-order valence-electron chi connectivity index (χ0n) is 55.2. The predicted molar refractivity (Wildman–Crippen MR) is 407 cm³/mol. The van der Waals surface area contributed by atoms with Gasteiger partial charge in [-0.25, -0.2) is 74.8 Å². The van der Waals surface area contributed by atoms with Crippen molar-refractivity contribution in [2.75, 3.05) is 0 Å². The van der Waals surface area contributed by atoms with E-state index in [2.05, 4.69) is 94.1 Å². The number of para-hydroxylation sites is 4. The summed E-state index contributed by atoms with van der Waals surface area (Å²) in [6.07, 6.45) is 5.29. The van der Waals surface area contributed by atoms with Crippen LogP contribution < -0.4 is 0 Å². The maximum atomic E-state index is 5.77. The van der Waals surface area contributed by atoms with Crippen LogP contribution in [0.3, 0.4) is 0 Å². The van der Waals surface area contributed by atoms with E-state index in [9.17, 15) is 0 Å². The molecule has 8 heterocycles. The van der Waals surface area contributed by atoms with E-state index in [1.807, 2.05) is 218 Å². The minimum atomic E-state index is 0.269. The molecule has 0 bridgehead atoms. The van der Waals surface area contributed by atoms with Gasteiger partial charge in [-0.2, -0.15) is 0 Å². The number of aromatic nitrogens is 17. The summed E-state index contributed by atoms with van der Waals surface area (Å²) in [6, 6.07) is 101. The summed E-state index contributed by atoms with van der Waals surface area (Å²) in [7, 11) is 0. The second-order valence-corrected chi connectivity index (χ2v) is 24.7. The lowest BCUT2D eigenvalue weighted by Gasteiger charge is -2.23. The van der Waals surface area contributed by atoms with E-state index >= 15 is 0 Å². The van der Waals surface area contributed by atoms with E-state index in [1.54, 1.807) is 18.6 Å². The summed E-state index contributed by atoms with van der Waals surface area (Å²) < 4.78 is 4.56. The molecule has 17 heteroatoms. The second kappa shape index (κ2) is 25.9. The maximum Gasteiger partial charge on any atom is 0.182 e. The molecule has 19 aromatic rings. The number of hydrogen-bond acceptors (Lipinski definition) is 15. The van der Waals surface area contributed by atoms with Gasteiger partial charge in [0, 0.05) is 79.2 Å². The molecule has 0 aliphatic carbocycles. The van der Waals surface area contributed by atoms with Gasteiger partial charge in [0.05, 0.1) is 44.4 Å². The molecule has 0 amide bonds. The van der Waals surface area contributed by atoms with E-state index < -0.39 is 0 Å². The molecule has 0 fully saturated rings. The van der Waals surface area contributed by atoms with Crippen LogP contribution >= 0.6 is 0 Å². The normalized spacial score (nSPS) is 11.5. The van der Waals surface area contributed by atoms with Crippen molar-refractivity contribution in [3.63, 3.8) is 0 Å². The maximum absolute atomic E-state index is 5.77. The fourth-order valence-corrected chi connectivity index (χ4v) is 13.7. The minimum absolute atomic E-state index is 0.269. The summed E-state index contributed by atoms with van der Waals surface area (Å²) >= 11 is 0. The molecule has 19 rings (SSSR count). The standard InChI is InChI=1S/C87H53N17/c1-8-28-54(29-9-1)76-94-77(55-30-10-2-11-31-55)98-82(97-76)64-48-51-88-85(91-64)71-70-63-44-24-27-47-69(63)103(60-40-20-7-21-41-60)74(70)72(86-89-52-49-65(92-86)83-99-78(56-32-12-3-13-33-56)95-79(100-83)57-34-14-4-15-35-57)73(75(71)104-67-45-25-22-42-61(67)62-43-23-26-46-68(62)104)87-90-53-50-66(93-87)84-101-80(58-36-16-5-17-37-58)96-81(102-84)59-38-18-6-19-39-59/h1-53H. The molecular formula is C87H53N17. The number of fused-ring (bicyclic) bond motifs is 6. The first-order chi connectivity index (χ1) is 51.6. The molecule has 8 aromatic heterocycles. The van der Waals surface area contributed by atoms with Gasteiger partial charge in [-0.15, -0.1) is 0 Å². The van der Waals surface area contributed by atoms with E-state index in [0.717, 1.165) is 77.2 Å². The van der Waals surface area contributed by atoms with Crippen molar-refractivity contribution in [2.45, 2.75) is 0 Å². The molecule has 0 aliphatic heterocycles. The van der Waals surface area contributed by atoms with Gasteiger partial charge in [-0.05, 0) is 48.5 Å². The quantitative estimate of drug-likeness (QED) is 0.0993. The Labute approximate surface area is 594 Å². The summed E-state index contributed by atoms with van der Waals surface area (Å²) in [5, 5.41) is 3.63. The van der Waals surface area contributed by atoms with E-state index in [4.69, 9.17) is 74.8 Å². The van der Waals surface area contributed by atoms with Crippen molar-refractivity contribution in [2.24, 2.45) is 0 Å². The lowest BCUT2D eigenvalue weighted by atomic mass is 9.92. The first-order valence-electron chi connectivity index (χ1n) is 33.9. The summed E-state index contributed by atoms with van der Waals surface area (Å²) in [5.41, 5.74) is 12.6. The SMILES string of the molecule is c1ccc(-c2nc(-c3ccccc3)nc(-c3ccnc(-c4c(-n5c6ccccc6c6ccccc65)c(-c5nccc(-c6nc(-c7ccccc7)nc(-c7ccccc7)n6)n5)c5c6ccccc6n(-c6ccccc6)c5c4-c4nccc(-c5nc(-c6ccccc6)nc(-c6ccccc6)n5)n4)n3)n2)cc1. The third-order valence-corrected chi connectivity index (χ3v) is 18.3. The van der Waals surface area contributed by atoms with E-state index in [0.29, 0.717) is 109 Å². The smallest absolute Gasteiger partial charge is 0.182 e. The van der Waals surface area contributed by atoms with Gasteiger partial charge in [0.1, 0.15) is 17.1 Å². The molecule has 104 heavy (non-hydrogen) atoms. The summed E-state index contributed by atoms with van der Waals surface area (Å²) in [4.78, 5) is 80.3. The van der Waals surface area contributed by atoms with Crippen molar-refractivity contribution in [1.82, 2.24) is 83.9 Å². The fraction of sp³-hybridized carbons (Fsp3) is 0. The third kappa shape index (κ3) is 10.9. The Morgan fingerprint density at radius 2 is 0.462 bits per heavy atom. The third-order valence-electron chi connectivity index (χ3n) is 18.3. The highest BCUT2D eigenvalue weighted by Crippen LogP contribution is 2.53. The summed E-state index contributed by atoms with van der Waals surface area (Å²) in [6.45, 7) is 0. The Kier molecular flexibility index (Phi) is 15.0. The molecule has 17 nitrogen and oxygen atoms in total. The topological polar surface area (TPSA) is 203 Å². The van der Waals surface area contributed by atoms with Crippen molar-refractivity contribution in [3.8, 4) is 148 Å². The molecule has 11 aromatic carbocycles. The Morgan fingerprint density at radius 1 is 0.192 bits per heavy atom. The fourth-order valence-electron chi connectivity index (χ4n) is 13.7. The minimum Gasteiger partial charge on any atom is -0.308 e. The zero-order chi connectivity index (χ0) is 68.9. The van der Waals surface area contributed by atoms with Crippen LogP contribution in [0.1, 0.15) is 0 Å². The number of hydrogen-bond donors (Lipinski definition) is 0. The van der Waals surface area contributed by atoms with E-state index in [1.165, 1.54) is 0 Å². The van der Waals surface area contributed by atoms with Gasteiger partial charge in [-0.1, -0.05) is 255 Å². The van der Waals surface area contributed by atoms with Crippen LogP contribution in [0.4, 0.5) is 0 Å². The van der Waals surface area contributed by atoms with Gasteiger partial charge >= 0.3 is 0 Å². The molecule has 0 N–H and O–H groups in total. The van der Waals surface area contributed by atoms with Crippen LogP contribution in [0, 0.1) is 0 Å². The van der Waals surface area contributed by atoms with Crippen LogP contribution in [0.15, 0.2) is 322 Å². The first-order valence-corrected chi connectivity index (χ1v) is 33.9. The Morgan fingerprint density at radius 3 is 0.808 bits per heavy atom. The summed E-state index contributed by atoms with van der Waals surface area (Å²) in [5.74, 6) is 4.73. The monoisotopic (exact) mass is 1340 g/mol. The van der Waals surface area contributed by atoms with Gasteiger partial charge in [0.2, 0.25) is 0 Å². The average molecular weight is 1340 g/mol.